The first-order chi connectivity index (χ1) is 11.8. The number of anilines is 3. The first kappa shape index (κ1) is 15.7. The Labute approximate surface area is 141 Å². The zero-order chi connectivity index (χ0) is 16.6. The SMILES string of the molecule is CCOc1ccccc1Nc1nccc(NCc2cccnc2)n1. The molecule has 0 saturated carbocycles. The molecule has 3 rings (SSSR count). The van der Waals surface area contributed by atoms with E-state index < -0.39 is 0 Å². The Morgan fingerprint density at radius 1 is 1.04 bits per heavy atom. The van der Waals surface area contributed by atoms with Crippen LogP contribution in [0.3, 0.4) is 0 Å². The van der Waals surface area contributed by atoms with Gasteiger partial charge in [0.1, 0.15) is 11.6 Å². The number of aromatic nitrogens is 3. The van der Waals surface area contributed by atoms with E-state index in [0.717, 1.165) is 22.8 Å². The maximum atomic E-state index is 5.60. The van der Waals surface area contributed by atoms with Gasteiger partial charge in [-0.05, 0) is 36.8 Å². The number of nitrogens with zero attached hydrogens (tertiary/aromatic N) is 3. The molecule has 0 aliphatic heterocycles. The lowest BCUT2D eigenvalue weighted by atomic mass is 10.3. The van der Waals surface area contributed by atoms with Gasteiger partial charge < -0.3 is 15.4 Å². The highest BCUT2D eigenvalue weighted by Crippen LogP contribution is 2.26. The van der Waals surface area contributed by atoms with E-state index in [4.69, 9.17) is 4.74 Å². The van der Waals surface area contributed by atoms with Crippen molar-refractivity contribution in [1.29, 1.82) is 0 Å². The second-order valence-corrected chi connectivity index (χ2v) is 5.03. The molecule has 0 aliphatic carbocycles. The summed E-state index contributed by atoms with van der Waals surface area (Å²) in [5.41, 5.74) is 1.93. The van der Waals surface area contributed by atoms with Crippen LogP contribution >= 0.6 is 0 Å². The Bertz CT molecular complexity index is 779. The molecule has 0 fully saturated rings. The third-order valence-electron chi connectivity index (χ3n) is 3.29. The maximum absolute atomic E-state index is 5.60. The number of rotatable bonds is 7. The first-order valence-electron chi connectivity index (χ1n) is 7.80. The van der Waals surface area contributed by atoms with Crippen LogP contribution in [-0.4, -0.2) is 21.6 Å². The molecular weight excluding hydrogens is 302 g/mol. The quantitative estimate of drug-likeness (QED) is 0.692. The largest absolute Gasteiger partial charge is 0.492 e. The summed E-state index contributed by atoms with van der Waals surface area (Å²) in [5.74, 6) is 2.03. The molecule has 1 aromatic carbocycles. The van der Waals surface area contributed by atoms with E-state index in [1.54, 1.807) is 12.4 Å². The van der Waals surface area contributed by atoms with Gasteiger partial charge in [0.25, 0.3) is 0 Å². The molecule has 0 unspecified atom stereocenters. The van der Waals surface area contributed by atoms with Gasteiger partial charge in [0.05, 0.1) is 12.3 Å². The fourth-order valence-electron chi connectivity index (χ4n) is 2.18. The standard InChI is InChI=1S/C18H19N5O/c1-2-24-16-8-4-3-7-15(16)22-18-20-11-9-17(23-18)21-13-14-6-5-10-19-12-14/h3-12H,2,13H2,1H3,(H2,20,21,22,23). The molecule has 6 heteroatoms. The molecule has 0 amide bonds. The molecule has 122 valence electrons. The van der Waals surface area contributed by atoms with Crippen LogP contribution in [0.5, 0.6) is 5.75 Å². The summed E-state index contributed by atoms with van der Waals surface area (Å²) >= 11 is 0. The Morgan fingerprint density at radius 3 is 2.79 bits per heavy atom. The highest BCUT2D eigenvalue weighted by Gasteiger charge is 2.05. The fourth-order valence-corrected chi connectivity index (χ4v) is 2.18. The lowest BCUT2D eigenvalue weighted by Gasteiger charge is -2.12. The zero-order valence-corrected chi connectivity index (χ0v) is 13.4. The molecule has 0 aliphatic rings. The number of nitrogens with one attached hydrogen (secondary N) is 2. The van der Waals surface area contributed by atoms with Gasteiger partial charge in [0.2, 0.25) is 5.95 Å². The summed E-state index contributed by atoms with van der Waals surface area (Å²) < 4.78 is 5.60. The number of hydrogen-bond acceptors (Lipinski definition) is 6. The van der Waals surface area contributed by atoms with Crippen LogP contribution in [0.25, 0.3) is 0 Å². The van der Waals surface area contributed by atoms with Gasteiger partial charge in [0.15, 0.2) is 0 Å². The molecule has 2 aromatic heterocycles. The van der Waals surface area contributed by atoms with Gasteiger partial charge in [0, 0.05) is 25.1 Å². The highest BCUT2D eigenvalue weighted by molar-refractivity contribution is 5.62. The molecule has 2 heterocycles. The number of pyridine rings is 1. The molecule has 0 radical (unpaired) electrons. The summed E-state index contributed by atoms with van der Waals surface area (Å²) in [7, 11) is 0. The molecule has 6 nitrogen and oxygen atoms in total. The Morgan fingerprint density at radius 2 is 1.96 bits per heavy atom. The average Bonchev–Trinajstić information content (AvgIpc) is 2.63. The lowest BCUT2D eigenvalue weighted by molar-refractivity contribution is 0.342. The number of para-hydroxylation sites is 2. The lowest BCUT2D eigenvalue weighted by Crippen LogP contribution is -2.05. The first-order valence-corrected chi connectivity index (χ1v) is 7.80. The van der Waals surface area contributed by atoms with Crippen LogP contribution in [0.4, 0.5) is 17.5 Å². The molecule has 24 heavy (non-hydrogen) atoms. The van der Waals surface area contributed by atoms with E-state index in [9.17, 15) is 0 Å². The van der Waals surface area contributed by atoms with E-state index in [1.807, 2.05) is 55.6 Å². The van der Waals surface area contributed by atoms with Gasteiger partial charge >= 0.3 is 0 Å². The summed E-state index contributed by atoms with van der Waals surface area (Å²) in [6.45, 7) is 3.21. The van der Waals surface area contributed by atoms with Crippen molar-refractivity contribution in [3.05, 3.63) is 66.6 Å². The van der Waals surface area contributed by atoms with Crippen molar-refractivity contribution in [3.63, 3.8) is 0 Å². The fraction of sp³-hybridized carbons (Fsp3) is 0.167. The molecule has 0 saturated heterocycles. The number of benzene rings is 1. The van der Waals surface area contributed by atoms with Crippen molar-refractivity contribution < 1.29 is 4.74 Å². The van der Waals surface area contributed by atoms with Gasteiger partial charge in [-0.3, -0.25) is 4.98 Å². The van der Waals surface area contributed by atoms with Crippen LogP contribution in [0.15, 0.2) is 61.1 Å². The highest BCUT2D eigenvalue weighted by atomic mass is 16.5. The minimum Gasteiger partial charge on any atom is -0.492 e. The van der Waals surface area contributed by atoms with Gasteiger partial charge in [-0.1, -0.05) is 18.2 Å². The van der Waals surface area contributed by atoms with Crippen molar-refractivity contribution >= 4 is 17.5 Å². The van der Waals surface area contributed by atoms with E-state index in [1.165, 1.54) is 0 Å². The van der Waals surface area contributed by atoms with E-state index in [2.05, 4.69) is 25.6 Å². The Balaban J connectivity index is 1.69. The topological polar surface area (TPSA) is 72.0 Å². The normalized spacial score (nSPS) is 10.2. The second kappa shape index (κ2) is 7.92. The van der Waals surface area contributed by atoms with Gasteiger partial charge in [-0.25, -0.2) is 4.98 Å². The molecule has 3 aromatic rings. The number of hydrogen-bond donors (Lipinski definition) is 2. The van der Waals surface area contributed by atoms with Crippen molar-refractivity contribution in [2.45, 2.75) is 13.5 Å². The minimum atomic E-state index is 0.512. The van der Waals surface area contributed by atoms with Crippen LogP contribution in [0.1, 0.15) is 12.5 Å². The predicted octanol–water partition coefficient (Wildman–Crippen LogP) is 3.63. The maximum Gasteiger partial charge on any atom is 0.229 e. The predicted molar refractivity (Wildman–Crippen MR) is 94.5 cm³/mol. The molecular formula is C18H19N5O. The number of ether oxygens (including phenoxy) is 1. The average molecular weight is 321 g/mol. The Hall–Kier alpha value is -3.15. The van der Waals surface area contributed by atoms with Gasteiger partial charge in [-0.2, -0.15) is 4.98 Å². The van der Waals surface area contributed by atoms with E-state index in [-0.39, 0.29) is 0 Å². The summed E-state index contributed by atoms with van der Waals surface area (Å²) in [6.07, 6.45) is 5.29. The van der Waals surface area contributed by atoms with Gasteiger partial charge in [-0.15, -0.1) is 0 Å². The summed E-state index contributed by atoms with van der Waals surface area (Å²) in [4.78, 5) is 12.8. The van der Waals surface area contributed by atoms with Crippen molar-refractivity contribution in [3.8, 4) is 5.75 Å². The van der Waals surface area contributed by atoms with E-state index in [0.29, 0.717) is 19.1 Å². The Kier molecular flexibility index (Phi) is 5.19. The zero-order valence-electron chi connectivity index (χ0n) is 13.4. The third kappa shape index (κ3) is 4.19. The van der Waals surface area contributed by atoms with Crippen molar-refractivity contribution in [1.82, 2.24) is 15.0 Å². The van der Waals surface area contributed by atoms with E-state index >= 15 is 0 Å². The molecule has 2 N–H and O–H groups in total. The van der Waals surface area contributed by atoms with Crippen LogP contribution in [-0.2, 0) is 6.54 Å². The minimum absolute atomic E-state index is 0.512. The molecule has 0 bridgehead atoms. The van der Waals surface area contributed by atoms with Crippen LogP contribution in [0, 0.1) is 0 Å². The molecule has 0 atom stereocenters. The summed E-state index contributed by atoms with van der Waals surface area (Å²) in [5, 5.41) is 6.46. The van der Waals surface area contributed by atoms with Crippen LogP contribution in [0.2, 0.25) is 0 Å². The molecule has 0 spiro atoms. The smallest absolute Gasteiger partial charge is 0.229 e. The second-order valence-electron chi connectivity index (χ2n) is 5.03. The summed E-state index contributed by atoms with van der Waals surface area (Å²) in [6, 6.07) is 13.5. The van der Waals surface area contributed by atoms with Crippen LogP contribution < -0.4 is 15.4 Å². The monoisotopic (exact) mass is 321 g/mol. The van der Waals surface area contributed by atoms with Crippen molar-refractivity contribution in [2.75, 3.05) is 17.2 Å². The third-order valence-corrected chi connectivity index (χ3v) is 3.29. The van der Waals surface area contributed by atoms with Crippen molar-refractivity contribution in [2.24, 2.45) is 0 Å².